The molecule has 0 bridgehead atoms. The second-order valence-corrected chi connectivity index (χ2v) is 0.508. The summed E-state index contributed by atoms with van der Waals surface area (Å²) in [7, 11) is 0. The van der Waals surface area contributed by atoms with Crippen LogP contribution in [0.25, 0.3) is 0 Å². The zero-order chi connectivity index (χ0) is 4.71. The van der Waals surface area contributed by atoms with E-state index in [1.165, 1.54) is 4.97 Å². The fraction of sp³-hybridized carbons (Fsp3) is 0. The predicted octanol–water partition coefficient (Wildman–Crippen LogP) is 0.816. The average molecular weight is 118 g/mol. The van der Waals surface area contributed by atoms with Crippen molar-refractivity contribution in [3.05, 3.63) is 11.6 Å². The van der Waals surface area contributed by atoms with E-state index in [4.69, 9.17) is 5.26 Å². The summed E-state index contributed by atoms with van der Waals surface area (Å²) in [4.78, 5) is 1.31. The maximum absolute atomic E-state index is 6.50. The number of hydrogen-bond acceptors (Lipinski definition) is 1. The van der Waals surface area contributed by atoms with Crippen LogP contribution in [0, 0.1) is 11.8 Å². The Morgan fingerprint density at radius 3 is 1.80 bits per heavy atom. The van der Waals surface area contributed by atoms with Crippen LogP contribution in [-0.4, -0.2) is 0 Å². The fourth-order valence-electron chi connectivity index (χ4n) is 0. The predicted molar refractivity (Wildman–Crippen MR) is 16.9 cm³/mol. The van der Waals surface area contributed by atoms with Gasteiger partial charge in [-0.1, -0.05) is 0 Å². The van der Waals surface area contributed by atoms with E-state index < -0.39 is 0 Å². The SMILES string of the molecule is C#N.C=[CH][Cu]. The number of nitrogens with zero attached hydrogens (tertiary/aromatic N) is 1. The molecule has 2 heteroatoms. The van der Waals surface area contributed by atoms with Gasteiger partial charge >= 0.3 is 27.6 Å². The third-order valence-electron chi connectivity index (χ3n) is 0. The van der Waals surface area contributed by atoms with Gasteiger partial charge in [-0.2, -0.15) is 0 Å². The van der Waals surface area contributed by atoms with Crippen LogP contribution in [0.3, 0.4) is 0 Å². The molecule has 0 saturated carbocycles. The van der Waals surface area contributed by atoms with Gasteiger partial charge in [-0.15, -0.1) is 0 Å². The molecule has 0 N–H and O–H groups in total. The number of rotatable bonds is 0. The maximum atomic E-state index is 6.50. The Labute approximate surface area is 40.1 Å². The van der Waals surface area contributed by atoms with Gasteiger partial charge in [-0.05, 0) is 0 Å². The van der Waals surface area contributed by atoms with Crippen molar-refractivity contribution in [1.29, 1.82) is 5.26 Å². The minimum atomic E-state index is 1.31. The van der Waals surface area contributed by atoms with Gasteiger partial charge in [0.05, 0.1) is 0 Å². The Hall–Kier alpha value is -0.251. The second-order valence-electron chi connectivity index (χ2n) is 0.123. The van der Waals surface area contributed by atoms with E-state index in [-0.39, 0.29) is 0 Å². The zero-order valence-corrected chi connectivity index (χ0v) is 3.55. The van der Waals surface area contributed by atoms with Crippen molar-refractivity contribution in [1.82, 2.24) is 0 Å². The van der Waals surface area contributed by atoms with Crippen molar-refractivity contribution in [2.45, 2.75) is 0 Å². The van der Waals surface area contributed by atoms with Gasteiger partial charge in [0.25, 0.3) is 0 Å². The number of hydrogen-bond donors (Lipinski definition) is 0. The fourth-order valence-corrected chi connectivity index (χ4v) is 0. The van der Waals surface area contributed by atoms with Crippen LogP contribution in [0.4, 0.5) is 0 Å². The van der Waals surface area contributed by atoms with E-state index in [9.17, 15) is 0 Å². The molecule has 0 radical (unpaired) electrons. The van der Waals surface area contributed by atoms with Gasteiger partial charge in [0, 0.05) is 6.57 Å². The van der Waals surface area contributed by atoms with E-state index in [1.807, 2.05) is 0 Å². The Morgan fingerprint density at radius 1 is 1.80 bits per heavy atom. The summed E-state index contributed by atoms with van der Waals surface area (Å²) in [6.07, 6.45) is 0. The molecule has 1 nitrogen and oxygen atoms in total. The molecular formula is C3H4CuN. The molecule has 0 aliphatic rings. The summed E-state index contributed by atoms with van der Waals surface area (Å²) in [6, 6.07) is 0. The molecule has 0 aromatic rings. The van der Waals surface area contributed by atoms with Crippen LogP contribution in [0.15, 0.2) is 11.6 Å². The third kappa shape index (κ3) is 183. The van der Waals surface area contributed by atoms with Crippen molar-refractivity contribution < 1.29 is 16.0 Å². The molecule has 0 heterocycles. The number of nitriles is 1. The topological polar surface area (TPSA) is 23.8 Å². The van der Waals surface area contributed by atoms with E-state index >= 15 is 0 Å². The summed E-state index contributed by atoms with van der Waals surface area (Å²) in [5, 5.41) is 6.50. The van der Waals surface area contributed by atoms with Crippen molar-refractivity contribution in [3.8, 4) is 6.57 Å². The Kier molecular flexibility index (Phi) is 89.1. The molecule has 0 fully saturated rings. The monoisotopic (exact) mass is 117 g/mol. The molecule has 0 saturated heterocycles. The van der Waals surface area contributed by atoms with Crippen molar-refractivity contribution in [2.24, 2.45) is 0 Å². The molecule has 0 aliphatic heterocycles. The van der Waals surface area contributed by atoms with E-state index in [2.05, 4.69) is 29.2 Å². The third-order valence-corrected chi connectivity index (χ3v) is 0. The standard InChI is InChI=1S/C2H3.CHN.Cu/c2*1-2;/h1H,2H2;1H;. The molecule has 32 valence electrons. The van der Waals surface area contributed by atoms with Gasteiger partial charge < -0.3 is 0 Å². The van der Waals surface area contributed by atoms with Crippen molar-refractivity contribution in [2.75, 3.05) is 0 Å². The molecule has 0 atom stereocenters. The summed E-state index contributed by atoms with van der Waals surface area (Å²) in [5.41, 5.74) is 0. The molecule has 0 aromatic carbocycles. The van der Waals surface area contributed by atoms with Gasteiger partial charge in [-0.3, -0.25) is 0 Å². The normalized spacial score (nSPS) is 3.20. The van der Waals surface area contributed by atoms with Crippen LogP contribution < -0.4 is 0 Å². The van der Waals surface area contributed by atoms with Gasteiger partial charge in [0.2, 0.25) is 0 Å². The summed E-state index contributed by atoms with van der Waals surface area (Å²) in [5.74, 6) is 0. The first-order valence-electron chi connectivity index (χ1n) is 0.841. The summed E-state index contributed by atoms with van der Waals surface area (Å²) in [6.45, 7) is 6.67. The Morgan fingerprint density at radius 2 is 1.80 bits per heavy atom. The molecule has 0 aromatic heterocycles. The summed E-state index contributed by atoms with van der Waals surface area (Å²) >= 11 is 4.27. The Balaban J connectivity index is 0. The molecule has 0 spiro atoms. The van der Waals surface area contributed by atoms with E-state index in [0.717, 1.165) is 0 Å². The van der Waals surface area contributed by atoms with Crippen LogP contribution >= 0.6 is 0 Å². The second kappa shape index (κ2) is 50.5. The molecule has 0 unspecified atom stereocenters. The molecular weight excluding hydrogens is 114 g/mol. The molecule has 0 aliphatic carbocycles. The minimum absolute atomic E-state index is 1.31. The molecule has 0 rings (SSSR count). The quantitative estimate of drug-likeness (QED) is 0.431. The van der Waals surface area contributed by atoms with Crippen LogP contribution in [0.2, 0.25) is 0 Å². The summed E-state index contributed by atoms with van der Waals surface area (Å²) < 4.78 is 0. The van der Waals surface area contributed by atoms with Crippen molar-refractivity contribution >= 4 is 0 Å². The van der Waals surface area contributed by atoms with Gasteiger partial charge in [0.1, 0.15) is 0 Å². The van der Waals surface area contributed by atoms with Gasteiger partial charge in [0.15, 0.2) is 0 Å². The van der Waals surface area contributed by atoms with Gasteiger partial charge in [-0.25, -0.2) is 5.26 Å². The first-order valence-corrected chi connectivity index (χ1v) is 1.38. The Bertz CT molecular complexity index is 31.1. The molecule has 0 amide bonds. The van der Waals surface area contributed by atoms with E-state index in [1.54, 1.807) is 0 Å². The first-order chi connectivity index (χ1) is 2.41. The van der Waals surface area contributed by atoms with Crippen LogP contribution in [-0.2, 0) is 16.0 Å². The van der Waals surface area contributed by atoms with Crippen LogP contribution in [0.1, 0.15) is 0 Å². The molecule has 5 heavy (non-hydrogen) atoms. The first kappa shape index (κ1) is 8.83. The van der Waals surface area contributed by atoms with Crippen molar-refractivity contribution in [3.63, 3.8) is 0 Å². The zero-order valence-electron chi connectivity index (χ0n) is 2.61. The average Bonchev–Trinajstić information content (AvgIpc) is 1.46. The van der Waals surface area contributed by atoms with E-state index in [0.29, 0.717) is 0 Å². The van der Waals surface area contributed by atoms with Crippen LogP contribution in [0.5, 0.6) is 0 Å².